The fraction of sp³-hybridized carbons (Fsp3) is 0.588. The number of ether oxygens (including phenoxy) is 1. The lowest BCUT2D eigenvalue weighted by Gasteiger charge is -2.06. The number of hydrogen-bond donors (Lipinski definition) is 1. The molecule has 0 fully saturated rings. The van der Waals surface area contributed by atoms with E-state index >= 15 is 0 Å². The molecule has 3 heteroatoms. The average molecular weight is 277 g/mol. The van der Waals surface area contributed by atoms with E-state index in [1.807, 2.05) is 13.0 Å². The molecule has 0 aliphatic carbocycles. The minimum atomic E-state index is -0.275. The van der Waals surface area contributed by atoms with Gasteiger partial charge in [0.1, 0.15) is 0 Å². The maximum absolute atomic E-state index is 11.8. The minimum Gasteiger partial charge on any atom is -0.462 e. The normalized spacial score (nSPS) is 10.5. The molecule has 1 aromatic carbocycles. The topological polar surface area (TPSA) is 52.3 Å². The number of hydrogen-bond acceptors (Lipinski definition) is 3. The van der Waals surface area contributed by atoms with Gasteiger partial charge in [-0.1, -0.05) is 51.5 Å². The van der Waals surface area contributed by atoms with Crippen molar-refractivity contribution < 1.29 is 9.53 Å². The summed E-state index contributed by atoms with van der Waals surface area (Å²) >= 11 is 0. The number of nitrogen functional groups attached to an aromatic ring is 1. The average Bonchev–Trinajstić information content (AvgIpc) is 2.44. The fourth-order valence-corrected chi connectivity index (χ4v) is 2.07. The van der Waals surface area contributed by atoms with Crippen molar-refractivity contribution in [3.63, 3.8) is 0 Å². The quantitative estimate of drug-likeness (QED) is 0.411. The van der Waals surface area contributed by atoms with Gasteiger partial charge in [0.15, 0.2) is 0 Å². The molecule has 0 atom stereocenters. The van der Waals surface area contributed by atoms with Crippen molar-refractivity contribution in [3.8, 4) is 0 Å². The van der Waals surface area contributed by atoms with Crippen LogP contribution in [0.4, 0.5) is 5.69 Å². The van der Waals surface area contributed by atoms with Crippen molar-refractivity contribution in [3.05, 3.63) is 29.3 Å². The van der Waals surface area contributed by atoms with E-state index < -0.39 is 0 Å². The SMILES string of the molecule is CCCCCCCCCOC(=O)c1ccc(C)c(N)c1. The van der Waals surface area contributed by atoms with Crippen LogP contribution in [0.25, 0.3) is 0 Å². The van der Waals surface area contributed by atoms with Crippen LogP contribution >= 0.6 is 0 Å². The van der Waals surface area contributed by atoms with Crippen molar-refractivity contribution in [1.82, 2.24) is 0 Å². The Kier molecular flexibility index (Phi) is 7.78. The van der Waals surface area contributed by atoms with Gasteiger partial charge in [-0.15, -0.1) is 0 Å². The Balaban J connectivity index is 2.15. The van der Waals surface area contributed by atoms with Crippen molar-refractivity contribution >= 4 is 11.7 Å². The summed E-state index contributed by atoms with van der Waals surface area (Å²) in [7, 11) is 0. The van der Waals surface area contributed by atoms with Crippen molar-refractivity contribution in [1.29, 1.82) is 0 Å². The summed E-state index contributed by atoms with van der Waals surface area (Å²) in [6, 6.07) is 5.29. The van der Waals surface area contributed by atoms with Gasteiger partial charge in [-0.05, 0) is 31.0 Å². The molecule has 0 unspecified atom stereocenters. The minimum absolute atomic E-state index is 0.275. The van der Waals surface area contributed by atoms with E-state index in [-0.39, 0.29) is 5.97 Å². The molecule has 1 aromatic rings. The first-order chi connectivity index (χ1) is 9.65. The van der Waals surface area contributed by atoms with E-state index in [1.165, 1.54) is 32.1 Å². The molecular weight excluding hydrogens is 250 g/mol. The molecular formula is C17H27NO2. The van der Waals surface area contributed by atoms with Crippen LogP contribution in [0, 0.1) is 6.92 Å². The first-order valence-corrected chi connectivity index (χ1v) is 7.68. The van der Waals surface area contributed by atoms with Gasteiger partial charge < -0.3 is 10.5 Å². The largest absolute Gasteiger partial charge is 0.462 e. The highest BCUT2D eigenvalue weighted by atomic mass is 16.5. The molecule has 0 aliphatic heterocycles. The predicted molar refractivity (Wildman–Crippen MR) is 83.9 cm³/mol. The van der Waals surface area contributed by atoms with Crippen LogP contribution in [-0.2, 0) is 4.74 Å². The summed E-state index contributed by atoms with van der Waals surface area (Å²) in [6.45, 7) is 4.64. The Labute approximate surface area is 122 Å². The third kappa shape index (κ3) is 6.09. The van der Waals surface area contributed by atoms with Crippen LogP contribution in [0.2, 0.25) is 0 Å². The summed E-state index contributed by atoms with van der Waals surface area (Å²) in [5, 5.41) is 0. The number of anilines is 1. The number of nitrogens with two attached hydrogens (primary N) is 1. The molecule has 0 saturated carbocycles. The van der Waals surface area contributed by atoms with Gasteiger partial charge >= 0.3 is 5.97 Å². The molecule has 0 saturated heterocycles. The molecule has 0 radical (unpaired) electrons. The van der Waals surface area contributed by atoms with Crippen molar-refractivity contribution in [2.75, 3.05) is 12.3 Å². The number of carbonyl (C=O) groups is 1. The second-order valence-corrected chi connectivity index (χ2v) is 5.33. The summed E-state index contributed by atoms with van der Waals surface area (Å²) in [4.78, 5) is 11.8. The summed E-state index contributed by atoms with van der Waals surface area (Å²) < 4.78 is 5.26. The molecule has 0 heterocycles. The van der Waals surface area contributed by atoms with Gasteiger partial charge in [0.25, 0.3) is 0 Å². The number of rotatable bonds is 9. The Morgan fingerprint density at radius 2 is 1.75 bits per heavy atom. The van der Waals surface area contributed by atoms with Crippen molar-refractivity contribution in [2.24, 2.45) is 0 Å². The second-order valence-electron chi connectivity index (χ2n) is 5.33. The number of esters is 1. The predicted octanol–water partition coefficient (Wildman–Crippen LogP) is 4.48. The molecule has 0 aromatic heterocycles. The fourth-order valence-electron chi connectivity index (χ4n) is 2.07. The van der Waals surface area contributed by atoms with Gasteiger partial charge in [0.05, 0.1) is 12.2 Å². The van der Waals surface area contributed by atoms with E-state index in [0.717, 1.165) is 18.4 Å². The van der Waals surface area contributed by atoms with Crippen LogP contribution in [0.1, 0.15) is 67.8 Å². The van der Waals surface area contributed by atoms with Crippen molar-refractivity contribution in [2.45, 2.75) is 58.8 Å². The Morgan fingerprint density at radius 3 is 2.40 bits per heavy atom. The number of unbranched alkanes of at least 4 members (excludes halogenated alkanes) is 6. The maximum Gasteiger partial charge on any atom is 0.338 e. The van der Waals surface area contributed by atoms with Crippen LogP contribution in [0.3, 0.4) is 0 Å². The van der Waals surface area contributed by atoms with E-state index in [9.17, 15) is 4.79 Å². The molecule has 3 nitrogen and oxygen atoms in total. The smallest absolute Gasteiger partial charge is 0.338 e. The lowest BCUT2D eigenvalue weighted by Crippen LogP contribution is -2.07. The van der Waals surface area contributed by atoms with Gasteiger partial charge in [-0.2, -0.15) is 0 Å². The third-order valence-corrected chi connectivity index (χ3v) is 3.50. The molecule has 0 bridgehead atoms. The van der Waals surface area contributed by atoms with Gasteiger partial charge in [0, 0.05) is 5.69 Å². The molecule has 20 heavy (non-hydrogen) atoms. The van der Waals surface area contributed by atoms with E-state index in [1.54, 1.807) is 12.1 Å². The highest BCUT2D eigenvalue weighted by molar-refractivity contribution is 5.90. The number of carbonyl (C=O) groups excluding carboxylic acids is 1. The third-order valence-electron chi connectivity index (χ3n) is 3.50. The van der Waals surface area contributed by atoms with Gasteiger partial charge in [0.2, 0.25) is 0 Å². The molecule has 0 spiro atoms. The molecule has 1 rings (SSSR count). The van der Waals surface area contributed by atoms with Gasteiger partial charge in [-0.25, -0.2) is 4.79 Å². The Hall–Kier alpha value is -1.51. The maximum atomic E-state index is 11.8. The molecule has 112 valence electrons. The first-order valence-electron chi connectivity index (χ1n) is 7.68. The lowest BCUT2D eigenvalue weighted by atomic mass is 10.1. The van der Waals surface area contributed by atoms with Crippen LogP contribution in [0.5, 0.6) is 0 Å². The van der Waals surface area contributed by atoms with Crippen LogP contribution in [0.15, 0.2) is 18.2 Å². The number of aryl methyl sites for hydroxylation is 1. The Morgan fingerprint density at radius 1 is 1.10 bits per heavy atom. The first kappa shape index (κ1) is 16.5. The highest BCUT2D eigenvalue weighted by Crippen LogP contribution is 2.14. The Bertz CT molecular complexity index is 415. The molecule has 0 aliphatic rings. The molecule has 2 N–H and O–H groups in total. The zero-order valence-electron chi connectivity index (χ0n) is 12.8. The molecule has 0 amide bonds. The monoisotopic (exact) mass is 277 g/mol. The summed E-state index contributed by atoms with van der Waals surface area (Å²) in [5.74, 6) is -0.275. The van der Waals surface area contributed by atoms with E-state index in [2.05, 4.69) is 6.92 Å². The van der Waals surface area contributed by atoms with Gasteiger partial charge in [-0.3, -0.25) is 0 Å². The summed E-state index contributed by atoms with van der Waals surface area (Å²) in [6.07, 6.45) is 8.51. The van der Waals surface area contributed by atoms with Crippen LogP contribution < -0.4 is 5.73 Å². The standard InChI is InChI=1S/C17H27NO2/c1-3-4-5-6-7-8-9-12-20-17(19)15-11-10-14(2)16(18)13-15/h10-11,13H,3-9,12,18H2,1-2H3. The zero-order chi connectivity index (χ0) is 14.8. The number of benzene rings is 1. The summed E-state index contributed by atoms with van der Waals surface area (Å²) in [5.41, 5.74) is 7.94. The van der Waals surface area contributed by atoms with E-state index in [0.29, 0.717) is 17.9 Å². The van der Waals surface area contributed by atoms with E-state index in [4.69, 9.17) is 10.5 Å². The zero-order valence-corrected chi connectivity index (χ0v) is 12.8. The second kappa shape index (κ2) is 9.40. The lowest BCUT2D eigenvalue weighted by molar-refractivity contribution is 0.0497. The highest BCUT2D eigenvalue weighted by Gasteiger charge is 2.07. The van der Waals surface area contributed by atoms with Crippen LogP contribution in [-0.4, -0.2) is 12.6 Å².